The molecule has 0 aromatic carbocycles. The third kappa shape index (κ3) is 4.49. The van der Waals surface area contributed by atoms with Gasteiger partial charge in [-0.3, -0.25) is 9.59 Å². The number of amides is 2. The van der Waals surface area contributed by atoms with Gasteiger partial charge in [-0.15, -0.1) is 0 Å². The lowest BCUT2D eigenvalue weighted by Gasteiger charge is -1.99. The molecular formula is C8H14N2O2. The predicted octanol–water partition coefficient (Wildman–Crippen LogP) is 0.0736. The molecule has 0 aliphatic heterocycles. The Labute approximate surface area is 71.6 Å². The van der Waals surface area contributed by atoms with Crippen LogP contribution >= 0.6 is 0 Å². The van der Waals surface area contributed by atoms with Crippen molar-refractivity contribution in [3.63, 3.8) is 0 Å². The number of carbonyl (C=O) groups is 2. The molecule has 68 valence electrons. The molecule has 0 aromatic heterocycles. The molecule has 0 aromatic rings. The summed E-state index contributed by atoms with van der Waals surface area (Å²) in [6.45, 7) is 1.74. The van der Waals surface area contributed by atoms with Gasteiger partial charge in [0.15, 0.2) is 0 Å². The highest BCUT2D eigenvalue weighted by atomic mass is 16.1. The first kappa shape index (κ1) is 10.7. The molecule has 0 saturated heterocycles. The van der Waals surface area contributed by atoms with Gasteiger partial charge in [-0.1, -0.05) is 6.08 Å². The molecule has 0 atom stereocenters. The van der Waals surface area contributed by atoms with Crippen LogP contribution in [0.25, 0.3) is 0 Å². The van der Waals surface area contributed by atoms with Crippen LogP contribution in [-0.2, 0) is 9.59 Å². The minimum Gasteiger partial charge on any atom is -0.370 e. The molecule has 0 aliphatic carbocycles. The molecule has 0 aliphatic rings. The molecule has 12 heavy (non-hydrogen) atoms. The van der Waals surface area contributed by atoms with Gasteiger partial charge in [0, 0.05) is 12.0 Å². The van der Waals surface area contributed by atoms with Crippen LogP contribution in [0.3, 0.4) is 0 Å². The summed E-state index contributed by atoms with van der Waals surface area (Å²) < 4.78 is 0. The van der Waals surface area contributed by atoms with Crippen LogP contribution in [0, 0.1) is 0 Å². The van der Waals surface area contributed by atoms with E-state index >= 15 is 0 Å². The molecule has 4 N–H and O–H groups in total. The fraction of sp³-hybridized carbons (Fsp3) is 0.500. The topological polar surface area (TPSA) is 86.2 Å². The van der Waals surface area contributed by atoms with Gasteiger partial charge < -0.3 is 11.5 Å². The number of primary amides is 2. The second kappa shape index (κ2) is 5.35. The van der Waals surface area contributed by atoms with Crippen LogP contribution in [0.1, 0.15) is 26.2 Å². The number of allylic oxidation sites excluding steroid dienone is 1. The third-order valence-corrected chi connectivity index (χ3v) is 1.53. The van der Waals surface area contributed by atoms with Gasteiger partial charge in [0.1, 0.15) is 0 Å². The summed E-state index contributed by atoms with van der Waals surface area (Å²) in [5, 5.41) is 0. The van der Waals surface area contributed by atoms with Crippen molar-refractivity contribution in [1.82, 2.24) is 0 Å². The van der Waals surface area contributed by atoms with E-state index in [1.165, 1.54) is 0 Å². The Morgan fingerprint density at radius 3 is 2.17 bits per heavy atom. The minimum atomic E-state index is -0.429. The van der Waals surface area contributed by atoms with E-state index in [1.807, 2.05) is 0 Å². The Bertz CT molecular complexity index is 209. The van der Waals surface area contributed by atoms with Crippen molar-refractivity contribution in [2.75, 3.05) is 0 Å². The lowest BCUT2D eigenvalue weighted by molar-refractivity contribution is -0.118. The maximum Gasteiger partial charge on any atom is 0.244 e. The van der Waals surface area contributed by atoms with Crippen molar-refractivity contribution in [2.45, 2.75) is 26.2 Å². The third-order valence-electron chi connectivity index (χ3n) is 1.53. The number of hydrogen-bond acceptors (Lipinski definition) is 2. The average molecular weight is 170 g/mol. The first-order chi connectivity index (χ1) is 5.57. The van der Waals surface area contributed by atoms with E-state index in [1.54, 1.807) is 13.0 Å². The molecule has 4 nitrogen and oxygen atoms in total. The second-order valence-electron chi connectivity index (χ2n) is 2.50. The van der Waals surface area contributed by atoms with Crippen molar-refractivity contribution < 1.29 is 9.59 Å². The highest BCUT2D eigenvalue weighted by molar-refractivity contribution is 5.91. The van der Waals surface area contributed by atoms with Gasteiger partial charge in [0.25, 0.3) is 0 Å². The Morgan fingerprint density at radius 1 is 1.25 bits per heavy atom. The molecule has 0 spiro atoms. The van der Waals surface area contributed by atoms with E-state index in [2.05, 4.69) is 0 Å². The van der Waals surface area contributed by atoms with Crippen molar-refractivity contribution >= 4 is 11.8 Å². The van der Waals surface area contributed by atoms with E-state index in [-0.39, 0.29) is 5.91 Å². The zero-order valence-electron chi connectivity index (χ0n) is 7.17. The first-order valence-electron chi connectivity index (χ1n) is 3.81. The highest BCUT2D eigenvalue weighted by Gasteiger charge is 2.03. The molecule has 0 fully saturated rings. The quantitative estimate of drug-likeness (QED) is 0.572. The molecular weight excluding hydrogens is 156 g/mol. The van der Waals surface area contributed by atoms with Crippen LogP contribution in [-0.4, -0.2) is 11.8 Å². The molecule has 0 saturated carbocycles. The summed E-state index contributed by atoms with van der Waals surface area (Å²) in [6.07, 6.45) is 3.06. The van der Waals surface area contributed by atoms with E-state index in [0.29, 0.717) is 24.8 Å². The van der Waals surface area contributed by atoms with Crippen LogP contribution in [0.4, 0.5) is 0 Å². The number of carbonyl (C=O) groups excluding carboxylic acids is 2. The van der Waals surface area contributed by atoms with Crippen LogP contribution < -0.4 is 11.5 Å². The van der Waals surface area contributed by atoms with Gasteiger partial charge in [-0.05, 0) is 19.8 Å². The number of rotatable bonds is 5. The molecule has 4 heteroatoms. The Hall–Kier alpha value is -1.32. The lowest BCUT2D eigenvalue weighted by Crippen LogP contribution is -2.15. The standard InChI is InChI=1S/C8H14N2O2/c1-2-6(8(10)12)4-3-5-7(9)11/h2H,3-5H2,1H3,(H2,9,11)(H2,10,12). The van der Waals surface area contributed by atoms with Gasteiger partial charge in [-0.2, -0.15) is 0 Å². The van der Waals surface area contributed by atoms with Gasteiger partial charge in [0.05, 0.1) is 0 Å². The zero-order chi connectivity index (χ0) is 9.56. The Kier molecular flexibility index (Phi) is 4.76. The molecule has 0 unspecified atom stereocenters. The SMILES string of the molecule is CC=C(CCCC(N)=O)C(N)=O. The first-order valence-corrected chi connectivity index (χ1v) is 3.81. The molecule has 2 amide bonds. The molecule has 0 radical (unpaired) electrons. The summed E-state index contributed by atoms with van der Waals surface area (Å²) in [6, 6.07) is 0. The molecule has 0 heterocycles. The summed E-state index contributed by atoms with van der Waals surface area (Å²) in [5.74, 6) is -0.781. The fourth-order valence-corrected chi connectivity index (χ4v) is 0.863. The van der Waals surface area contributed by atoms with Gasteiger partial charge >= 0.3 is 0 Å². The predicted molar refractivity (Wildman–Crippen MR) is 46.0 cm³/mol. The van der Waals surface area contributed by atoms with Crippen molar-refractivity contribution in [1.29, 1.82) is 0 Å². The molecule has 0 bridgehead atoms. The highest BCUT2D eigenvalue weighted by Crippen LogP contribution is 2.05. The van der Waals surface area contributed by atoms with E-state index in [0.717, 1.165) is 0 Å². The Balaban J connectivity index is 3.76. The van der Waals surface area contributed by atoms with Gasteiger partial charge in [0.2, 0.25) is 11.8 Å². The van der Waals surface area contributed by atoms with E-state index < -0.39 is 5.91 Å². The van der Waals surface area contributed by atoms with E-state index in [9.17, 15) is 9.59 Å². The number of hydrogen-bond donors (Lipinski definition) is 2. The van der Waals surface area contributed by atoms with Gasteiger partial charge in [-0.25, -0.2) is 0 Å². The molecule has 0 rings (SSSR count). The zero-order valence-corrected chi connectivity index (χ0v) is 7.17. The van der Waals surface area contributed by atoms with E-state index in [4.69, 9.17) is 11.5 Å². The van der Waals surface area contributed by atoms with Crippen molar-refractivity contribution in [3.8, 4) is 0 Å². The minimum absolute atomic E-state index is 0.296. The maximum absolute atomic E-state index is 10.6. The smallest absolute Gasteiger partial charge is 0.244 e. The lowest BCUT2D eigenvalue weighted by atomic mass is 10.1. The summed E-state index contributed by atoms with van der Waals surface area (Å²) in [4.78, 5) is 21.0. The monoisotopic (exact) mass is 170 g/mol. The fourth-order valence-electron chi connectivity index (χ4n) is 0.863. The summed E-state index contributed by atoms with van der Waals surface area (Å²) in [7, 11) is 0. The van der Waals surface area contributed by atoms with Crippen LogP contribution in [0.15, 0.2) is 11.6 Å². The van der Waals surface area contributed by atoms with Crippen molar-refractivity contribution in [2.24, 2.45) is 11.5 Å². The summed E-state index contributed by atoms with van der Waals surface area (Å²) >= 11 is 0. The van der Waals surface area contributed by atoms with Crippen molar-refractivity contribution in [3.05, 3.63) is 11.6 Å². The van der Waals surface area contributed by atoms with Crippen LogP contribution in [0.5, 0.6) is 0 Å². The largest absolute Gasteiger partial charge is 0.370 e. The van der Waals surface area contributed by atoms with Crippen LogP contribution in [0.2, 0.25) is 0 Å². The second-order valence-corrected chi connectivity index (χ2v) is 2.50. The summed E-state index contributed by atoms with van der Waals surface area (Å²) in [5.41, 5.74) is 10.5. The number of nitrogens with two attached hydrogens (primary N) is 2. The average Bonchev–Trinajstić information content (AvgIpc) is 1.96. The Morgan fingerprint density at radius 2 is 1.83 bits per heavy atom. The normalized spacial score (nSPS) is 11.2. The maximum atomic E-state index is 10.6.